The van der Waals surface area contributed by atoms with E-state index in [1.165, 1.54) is 13.3 Å². The molecule has 2 rings (SSSR count). The quantitative estimate of drug-likeness (QED) is 0.621. The monoisotopic (exact) mass is 313 g/mol. The number of aromatic nitrogens is 3. The van der Waals surface area contributed by atoms with Gasteiger partial charge in [-0.3, -0.25) is 4.98 Å². The number of nitrogens with zero attached hydrogens (tertiary/aromatic N) is 3. The van der Waals surface area contributed by atoms with Crippen LogP contribution in [0.25, 0.3) is 0 Å². The molecule has 0 unspecified atom stereocenters. The minimum Gasteiger partial charge on any atom is -0.465 e. The van der Waals surface area contributed by atoms with Crippen molar-refractivity contribution in [3.63, 3.8) is 0 Å². The number of hydrogen-bond acceptors (Lipinski definition) is 8. The third-order valence-electron chi connectivity index (χ3n) is 2.15. The van der Waals surface area contributed by atoms with Gasteiger partial charge in [-0.1, -0.05) is 34.9 Å². The van der Waals surface area contributed by atoms with E-state index in [-0.39, 0.29) is 5.97 Å². The van der Waals surface area contributed by atoms with Crippen LogP contribution in [-0.4, -0.2) is 34.5 Å². The third kappa shape index (κ3) is 3.92. The van der Waals surface area contributed by atoms with Gasteiger partial charge in [0, 0.05) is 11.9 Å². The molecule has 8 heteroatoms. The normalized spacial score (nSPS) is 10.4. The molecule has 0 N–H and O–H groups in total. The minimum absolute atomic E-state index is 0.375. The first kappa shape index (κ1) is 14.3. The summed E-state index contributed by atoms with van der Waals surface area (Å²) in [5.74, 6) is 0.324. The molecule has 0 atom stereocenters. The number of rotatable bonds is 5. The Labute approximate surface area is 123 Å². The van der Waals surface area contributed by atoms with Gasteiger partial charge < -0.3 is 4.74 Å². The van der Waals surface area contributed by atoms with Crippen molar-refractivity contribution in [3.8, 4) is 0 Å². The summed E-state index contributed by atoms with van der Waals surface area (Å²) in [4.78, 5) is 15.5. The Morgan fingerprint density at radius 3 is 2.74 bits per heavy atom. The molecule has 2 heterocycles. The highest BCUT2D eigenvalue weighted by atomic mass is 32.2. The van der Waals surface area contributed by atoms with Crippen molar-refractivity contribution in [1.29, 1.82) is 0 Å². The van der Waals surface area contributed by atoms with Crippen molar-refractivity contribution in [3.05, 3.63) is 29.6 Å². The summed E-state index contributed by atoms with van der Waals surface area (Å²) in [7, 11) is 1.35. The summed E-state index contributed by atoms with van der Waals surface area (Å²) in [6.07, 6.45) is 3.50. The van der Waals surface area contributed by atoms with Gasteiger partial charge in [0.15, 0.2) is 8.68 Å². The molecule has 0 saturated heterocycles. The van der Waals surface area contributed by atoms with Crippen LogP contribution in [0.15, 0.2) is 27.0 Å². The van der Waals surface area contributed by atoms with Crippen LogP contribution in [0.5, 0.6) is 0 Å². The zero-order chi connectivity index (χ0) is 13.7. The van der Waals surface area contributed by atoms with Crippen LogP contribution in [0, 0.1) is 0 Å². The second-order valence-electron chi connectivity index (χ2n) is 3.36. The number of thioether (sulfide) groups is 2. The first-order valence-electron chi connectivity index (χ1n) is 5.26. The molecule has 0 aliphatic rings. The van der Waals surface area contributed by atoms with E-state index in [4.69, 9.17) is 0 Å². The van der Waals surface area contributed by atoms with E-state index in [0.717, 1.165) is 14.4 Å². The third-order valence-corrected chi connectivity index (χ3v) is 5.22. The van der Waals surface area contributed by atoms with Crippen molar-refractivity contribution >= 4 is 40.8 Å². The number of pyridine rings is 1. The fraction of sp³-hybridized carbons (Fsp3) is 0.273. The number of hydrogen-bond donors (Lipinski definition) is 0. The van der Waals surface area contributed by atoms with Crippen LogP contribution in [0.2, 0.25) is 0 Å². The number of carbonyl (C=O) groups excluding carboxylic acids is 1. The summed E-state index contributed by atoms with van der Waals surface area (Å²) in [5.41, 5.74) is 1.34. The summed E-state index contributed by atoms with van der Waals surface area (Å²) < 4.78 is 6.49. The molecule has 0 aliphatic heterocycles. The van der Waals surface area contributed by atoms with E-state index in [1.807, 2.05) is 12.3 Å². The van der Waals surface area contributed by atoms with Gasteiger partial charge in [-0.25, -0.2) is 4.79 Å². The van der Waals surface area contributed by atoms with Gasteiger partial charge in [0.2, 0.25) is 0 Å². The lowest BCUT2D eigenvalue weighted by molar-refractivity contribution is 0.0600. The highest BCUT2D eigenvalue weighted by Gasteiger charge is 2.07. The van der Waals surface area contributed by atoms with Crippen molar-refractivity contribution in [2.24, 2.45) is 0 Å². The Morgan fingerprint density at radius 1 is 1.37 bits per heavy atom. The highest BCUT2D eigenvalue weighted by Crippen LogP contribution is 2.29. The lowest BCUT2D eigenvalue weighted by Crippen LogP contribution is -2.02. The van der Waals surface area contributed by atoms with Gasteiger partial charge in [0.25, 0.3) is 0 Å². The second-order valence-corrected chi connectivity index (χ2v) is 6.61. The molecule has 0 spiro atoms. The standard InChI is InChI=1S/C11H11N3O2S3/c1-16-9(15)7-3-4-8(12-5-7)6-18-11-14-13-10(17-2)19-11/h3-5H,6H2,1-2H3. The average molecular weight is 313 g/mol. The van der Waals surface area contributed by atoms with E-state index in [9.17, 15) is 4.79 Å². The van der Waals surface area contributed by atoms with Gasteiger partial charge in [0.05, 0.1) is 18.4 Å². The molecule has 0 aliphatic carbocycles. The van der Waals surface area contributed by atoms with E-state index >= 15 is 0 Å². The lowest BCUT2D eigenvalue weighted by Gasteiger charge is -2.00. The van der Waals surface area contributed by atoms with Crippen LogP contribution in [-0.2, 0) is 10.5 Å². The molecule has 100 valence electrons. The average Bonchev–Trinajstić information content (AvgIpc) is 2.93. The molecular formula is C11H11N3O2S3. The van der Waals surface area contributed by atoms with E-state index < -0.39 is 0 Å². The minimum atomic E-state index is -0.375. The molecule has 5 nitrogen and oxygen atoms in total. The first-order chi connectivity index (χ1) is 9.22. The predicted molar refractivity (Wildman–Crippen MR) is 76.8 cm³/mol. The molecule has 0 radical (unpaired) electrons. The smallest absolute Gasteiger partial charge is 0.339 e. The molecule has 0 aromatic carbocycles. The topological polar surface area (TPSA) is 65.0 Å². The Hall–Kier alpha value is -1.12. The van der Waals surface area contributed by atoms with Crippen LogP contribution in [0.3, 0.4) is 0 Å². The van der Waals surface area contributed by atoms with Gasteiger partial charge in [-0.2, -0.15) is 0 Å². The number of carbonyl (C=O) groups is 1. The predicted octanol–water partition coefficient (Wildman–Crippen LogP) is 2.73. The zero-order valence-electron chi connectivity index (χ0n) is 10.3. The number of methoxy groups -OCH3 is 1. The van der Waals surface area contributed by atoms with Crippen LogP contribution in [0.1, 0.15) is 16.1 Å². The molecular weight excluding hydrogens is 302 g/mol. The second kappa shape index (κ2) is 6.88. The van der Waals surface area contributed by atoms with Crippen molar-refractivity contribution < 1.29 is 9.53 Å². The van der Waals surface area contributed by atoms with Crippen LogP contribution < -0.4 is 0 Å². The van der Waals surface area contributed by atoms with E-state index in [0.29, 0.717) is 11.3 Å². The largest absolute Gasteiger partial charge is 0.465 e. The lowest BCUT2D eigenvalue weighted by atomic mass is 10.2. The van der Waals surface area contributed by atoms with E-state index in [1.54, 1.807) is 40.9 Å². The molecule has 0 fully saturated rings. The summed E-state index contributed by atoms with van der Waals surface area (Å²) in [6, 6.07) is 3.53. The SMILES string of the molecule is COC(=O)c1ccc(CSc2nnc(SC)s2)nc1. The Bertz CT molecular complexity index is 557. The molecule has 0 bridgehead atoms. The number of ether oxygens (including phenoxy) is 1. The Balaban J connectivity index is 1.94. The molecule has 19 heavy (non-hydrogen) atoms. The summed E-state index contributed by atoms with van der Waals surface area (Å²) in [6.45, 7) is 0. The fourth-order valence-electron chi connectivity index (χ4n) is 1.22. The number of esters is 1. The van der Waals surface area contributed by atoms with Crippen molar-refractivity contribution in [2.45, 2.75) is 14.4 Å². The van der Waals surface area contributed by atoms with Gasteiger partial charge in [0.1, 0.15) is 0 Å². The van der Waals surface area contributed by atoms with Crippen molar-refractivity contribution in [2.75, 3.05) is 13.4 Å². The Kier molecular flexibility index (Phi) is 5.17. The van der Waals surface area contributed by atoms with Crippen molar-refractivity contribution in [1.82, 2.24) is 15.2 Å². The van der Waals surface area contributed by atoms with Gasteiger partial charge in [-0.05, 0) is 18.4 Å². The molecule has 0 amide bonds. The Morgan fingerprint density at radius 2 is 2.16 bits per heavy atom. The van der Waals surface area contributed by atoms with Crippen LogP contribution >= 0.6 is 34.9 Å². The van der Waals surface area contributed by atoms with Gasteiger partial charge >= 0.3 is 5.97 Å². The first-order valence-corrected chi connectivity index (χ1v) is 8.29. The fourth-order valence-corrected chi connectivity index (χ4v) is 3.58. The molecule has 0 saturated carbocycles. The van der Waals surface area contributed by atoms with Gasteiger partial charge in [-0.15, -0.1) is 10.2 Å². The van der Waals surface area contributed by atoms with Crippen LogP contribution in [0.4, 0.5) is 0 Å². The summed E-state index contributed by atoms with van der Waals surface area (Å²) in [5, 5.41) is 8.09. The maximum Gasteiger partial charge on any atom is 0.339 e. The summed E-state index contributed by atoms with van der Waals surface area (Å²) >= 11 is 4.73. The zero-order valence-corrected chi connectivity index (χ0v) is 12.8. The maximum atomic E-state index is 11.3. The van der Waals surface area contributed by atoms with E-state index in [2.05, 4.69) is 19.9 Å². The molecule has 2 aromatic heterocycles. The molecule has 2 aromatic rings. The highest BCUT2D eigenvalue weighted by molar-refractivity contribution is 8.02. The maximum absolute atomic E-state index is 11.3.